The van der Waals surface area contributed by atoms with Crippen molar-refractivity contribution in [1.82, 2.24) is 15.3 Å². The Hall–Kier alpha value is -1.64. The second kappa shape index (κ2) is 7.72. The Labute approximate surface area is 157 Å². The summed E-state index contributed by atoms with van der Waals surface area (Å²) in [4.78, 5) is 33.8. The molecule has 0 aliphatic heterocycles. The van der Waals surface area contributed by atoms with Crippen molar-refractivity contribution >= 4 is 50.6 Å². The molecular formula is C17H19N3O2S3. The largest absolute Gasteiger partial charge is 0.355 e. The molecule has 0 bridgehead atoms. The van der Waals surface area contributed by atoms with Crippen molar-refractivity contribution in [1.29, 1.82) is 0 Å². The molecule has 0 spiro atoms. The number of hydrogen-bond donors (Lipinski definition) is 2. The van der Waals surface area contributed by atoms with Crippen LogP contribution in [0.3, 0.4) is 0 Å². The van der Waals surface area contributed by atoms with Crippen molar-refractivity contribution in [3.63, 3.8) is 0 Å². The van der Waals surface area contributed by atoms with Crippen LogP contribution < -0.4 is 10.9 Å². The van der Waals surface area contributed by atoms with Crippen LogP contribution in [-0.4, -0.2) is 27.7 Å². The van der Waals surface area contributed by atoms with Crippen LogP contribution in [-0.2, 0) is 4.79 Å². The first kappa shape index (κ1) is 18.2. The zero-order valence-electron chi connectivity index (χ0n) is 14.2. The number of thiophene rings is 2. The summed E-state index contributed by atoms with van der Waals surface area (Å²) in [7, 11) is 0. The standard InChI is InChI=1S/C17H19N3O2S3/c1-9(2)7-18-14(21)10(3)25-17-19-15(22)13-11(8-24-16(13)20-17)12-5-4-6-23-12/h4-6,8-10H,7H2,1-3H3,(H,18,21)(H,19,20,22)/t10-/m0/s1. The third-order valence-electron chi connectivity index (χ3n) is 3.55. The molecule has 0 unspecified atom stereocenters. The summed E-state index contributed by atoms with van der Waals surface area (Å²) >= 11 is 4.32. The number of H-pyrrole nitrogens is 1. The van der Waals surface area contributed by atoms with Crippen molar-refractivity contribution in [2.24, 2.45) is 5.92 Å². The number of rotatable bonds is 6. The maximum Gasteiger partial charge on any atom is 0.260 e. The van der Waals surface area contributed by atoms with Crippen LogP contribution in [0.15, 0.2) is 32.8 Å². The Kier molecular flexibility index (Phi) is 5.61. The Balaban J connectivity index is 1.82. The van der Waals surface area contributed by atoms with Gasteiger partial charge in [0.15, 0.2) is 5.16 Å². The van der Waals surface area contributed by atoms with E-state index in [1.165, 1.54) is 23.1 Å². The smallest absolute Gasteiger partial charge is 0.260 e. The predicted octanol–water partition coefficient (Wildman–Crippen LogP) is 3.97. The highest BCUT2D eigenvalue weighted by atomic mass is 32.2. The summed E-state index contributed by atoms with van der Waals surface area (Å²) < 4.78 is 0. The molecule has 1 amide bonds. The van der Waals surface area contributed by atoms with E-state index in [4.69, 9.17) is 0 Å². The number of carbonyl (C=O) groups excluding carboxylic acids is 1. The average Bonchev–Trinajstić information content (AvgIpc) is 3.21. The predicted molar refractivity (Wildman–Crippen MR) is 107 cm³/mol. The van der Waals surface area contributed by atoms with Gasteiger partial charge in [0.1, 0.15) is 4.83 Å². The number of amides is 1. The fraction of sp³-hybridized carbons (Fsp3) is 0.353. The SMILES string of the molecule is CC(C)CNC(=O)[C@H](C)Sc1nc2scc(-c3cccs3)c2c(=O)[nH]1. The van der Waals surface area contributed by atoms with Gasteiger partial charge in [-0.15, -0.1) is 22.7 Å². The highest BCUT2D eigenvalue weighted by Gasteiger charge is 2.18. The lowest BCUT2D eigenvalue weighted by atomic mass is 10.2. The molecule has 132 valence electrons. The maximum atomic E-state index is 12.5. The summed E-state index contributed by atoms with van der Waals surface area (Å²) in [6, 6.07) is 3.96. The van der Waals surface area contributed by atoms with Gasteiger partial charge in [0, 0.05) is 22.4 Å². The number of hydrogen-bond acceptors (Lipinski definition) is 6. The minimum Gasteiger partial charge on any atom is -0.355 e. The van der Waals surface area contributed by atoms with Gasteiger partial charge in [-0.3, -0.25) is 9.59 Å². The molecule has 5 nitrogen and oxygen atoms in total. The monoisotopic (exact) mass is 393 g/mol. The van der Waals surface area contributed by atoms with Gasteiger partial charge in [-0.05, 0) is 24.3 Å². The van der Waals surface area contributed by atoms with E-state index < -0.39 is 0 Å². The van der Waals surface area contributed by atoms with E-state index in [0.29, 0.717) is 27.8 Å². The van der Waals surface area contributed by atoms with E-state index in [0.717, 1.165) is 10.4 Å². The normalized spacial score (nSPS) is 12.6. The Morgan fingerprint density at radius 3 is 2.84 bits per heavy atom. The number of nitrogens with zero attached hydrogens (tertiary/aromatic N) is 1. The lowest BCUT2D eigenvalue weighted by Gasteiger charge is -2.12. The van der Waals surface area contributed by atoms with Crippen LogP contribution in [0, 0.1) is 5.92 Å². The molecule has 25 heavy (non-hydrogen) atoms. The minimum atomic E-state index is -0.323. The van der Waals surface area contributed by atoms with Crippen molar-refractivity contribution in [3.05, 3.63) is 33.2 Å². The maximum absolute atomic E-state index is 12.5. The van der Waals surface area contributed by atoms with Crippen molar-refractivity contribution < 1.29 is 4.79 Å². The Bertz CT molecular complexity index is 928. The van der Waals surface area contributed by atoms with E-state index in [2.05, 4.69) is 15.3 Å². The van der Waals surface area contributed by atoms with Crippen molar-refractivity contribution in [2.45, 2.75) is 31.2 Å². The second-order valence-electron chi connectivity index (χ2n) is 6.08. The molecule has 3 rings (SSSR count). The van der Waals surface area contributed by atoms with Gasteiger partial charge in [-0.2, -0.15) is 0 Å². The fourth-order valence-electron chi connectivity index (χ4n) is 2.27. The molecule has 0 aromatic carbocycles. The van der Waals surface area contributed by atoms with Gasteiger partial charge in [-0.25, -0.2) is 4.98 Å². The van der Waals surface area contributed by atoms with Gasteiger partial charge >= 0.3 is 0 Å². The lowest BCUT2D eigenvalue weighted by Crippen LogP contribution is -2.33. The molecule has 0 aliphatic rings. The molecule has 0 fully saturated rings. The first-order valence-corrected chi connectivity index (χ1v) is 10.6. The third kappa shape index (κ3) is 4.13. The van der Waals surface area contributed by atoms with Gasteiger partial charge in [0.25, 0.3) is 5.56 Å². The second-order valence-corrected chi connectivity index (χ2v) is 9.21. The fourth-order valence-corrected chi connectivity index (χ4v) is 4.91. The summed E-state index contributed by atoms with van der Waals surface area (Å²) in [5, 5.41) is 7.63. The van der Waals surface area contributed by atoms with E-state index in [9.17, 15) is 9.59 Å². The Morgan fingerprint density at radius 1 is 1.36 bits per heavy atom. The first-order chi connectivity index (χ1) is 12.0. The van der Waals surface area contributed by atoms with Gasteiger partial charge in [0.2, 0.25) is 5.91 Å². The number of fused-ring (bicyclic) bond motifs is 1. The number of nitrogens with one attached hydrogen (secondary N) is 2. The molecule has 3 aromatic heterocycles. The quantitative estimate of drug-likeness (QED) is 0.491. The van der Waals surface area contributed by atoms with Crippen molar-refractivity contribution in [3.8, 4) is 10.4 Å². The van der Waals surface area contributed by atoms with Crippen LogP contribution in [0.25, 0.3) is 20.7 Å². The van der Waals surface area contributed by atoms with E-state index >= 15 is 0 Å². The molecule has 3 heterocycles. The van der Waals surface area contributed by atoms with Crippen LogP contribution in [0.1, 0.15) is 20.8 Å². The van der Waals surface area contributed by atoms with Gasteiger partial charge in [0.05, 0.1) is 10.6 Å². The molecule has 0 radical (unpaired) electrons. The number of carbonyl (C=O) groups is 1. The Morgan fingerprint density at radius 2 is 2.16 bits per heavy atom. The summed E-state index contributed by atoms with van der Waals surface area (Å²) in [6.45, 7) is 6.55. The first-order valence-electron chi connectivity index (χ1n) is 7.95. The van der Waals surface area contributed by atoms with E-state index in [1.54, 1.807) is 11.3 Å². The average molecular weight is 394 g/mol. The van der Waals surface area contributed by atoms with E-state index in [-0.39, 0.29) is 16.7 Å². The number of aromatic nitrogens is 2. The van der Waals surface area contributed by atoms with Gasteiger partial charge < -0.3 is 10.3 Å². The molecular weight excluding hydrogens is 374 g/mol. The molecule has 0 aliphatic carbocycles. The highest BCUT2D eigenvalue weighted by molar-refractivity contribution is 8.00. The zero-order valence-corrected chi connectivity index (χ0v) is 16.6. The topological polar surface area (TPSA) is 74.8 Å². The van der Waals surface area contributed by atoms with Crippen LogP contribution >= 0.6 is 34.4 Å². The number of thioether (sulfide) groups is 1. The highest BCUT2D eigenvalue weighted by Crippen LogP contribution is 2.34. The molecule has 2 N–H and O–H groups in total. The summed E-state index contributed by atoms with van der Waals surface area (Å²) in [6.07, 6.45) is 0. The third-order valence-corrected chi connectivity index (χ3v) is 6.31. The lowest BCUT2D eigenvalue weighted by molar-refractivity contribution is -0.120. The van der Waals surface area contributed by atoms with Crippen molar-refractivity contribution in [2.75, 3.05) is 6.54 Å². The summed E-state index contributed by atoms with van der Waals surface area (Å²) in [5.41, 5.74) is 0.759. The zero-order chi connectivity index (χ0) is 18.0. The molecule has 3 aromatic rings. The van der Waals surface area contributed by atoms with Crippen LogP contribution in [0.5, 0.6) is 0 Å². The molecule has 0 saturated carbocycles. The van der Waals surface area contributed by atoms with E-state index in [1.807, 2.05) is 43.7 Å². The minimum absolute atomic E-state index is 0.0492. The molecule has 0 saturated heterocycles. The van der Waals surface area contributed by atoms with Crippen LogP contribution in [0.2, 0.25) is 0 Å². The summed E-state index contributed by atoms with van der Waals surface area (Å²) in [5.74, 6) is 0.351. The number of aromatic amines is 1. The molecule has 8 heteroatoms. The van der Waals surface area contributed by atoms with Crippen LogP contribution in [0.4, 0.5) is 0 Å². The molecule has 1 atom stereocenters. The van der Waals surface area contributed by atoms with Gasteiger partial charge in [-0.1, -0.05) is 31.7 Å².